The molecule has 1 saturated heterocycles. The van der Waals surface area contributed by atoms with Crippen molar-refractivity contribution < 1.29 is 13.2 Å². The highest BCUT2D eigenvalue weighted by atomic mass is 32.2. The molecule has 0 aromatic heterocycles. The Morgan fingerprint density at radius 2 is 1.70 bits per heavy atom. The number of hydrogen-bond acceptors (Lipinski definition) is 3. The first-order valence-electron chi connectivity index (χ1n) is 9.33. The molecule has 23 heavy (non-hydrogen) atoms. The fraction of sp³-hybridized carbons (Fsp3) is 0.944. The number of amides is 1. The summed E-state index contributed by atoms with van der Waals surface area (Å²) in [6, 6.07) is 0.237. The van der Waals surface area contributed by atoms with E-state index in [-0.39, 0.29) is 29.4 Å². The molecule has 0 radical (unpaired) electrons. The molecule has 5 rings (SSSR count). The molecule has 4 bridgehead atoms. The van der Waals surface area contributed by atoms with Crippen molar-refractivity contribution in [2.45, 2.75) is 64.3 Å². The second kappa shape index (κ2) is 5.47. The zero-order valence-electron chi connectivity index (χ0n) is 14.1. The van der Waals surface area contributed by atoms with Crippen LogP contribution in [0.3, 0.4) is 0 Å². The molecule has 4 nitrogen and oxygen atoms in total. The van der Waals surface area contributed by atoms with Gasteiger partial charge in [0.1, 0.15) is 0 Å². The Bertz CT molecular complexity index is 562. The largest absolute Gasteiger partial charge is 0.353 e. The van der Waals surface area contributed by atoms with E-state index in [9.17, 15) is 13.2 Å². The van der Waals surface area contributed by atoms with Crippen LogP contribution in [0.2, 0.25) is 0 Å². The summed E-state index contributed by atoms with van der Waals surface area (Å²) in [6.07, 6.45) is 9.16. The highest BCUT2D eigenvalue weighted by Gasteiger charge is 2.53. The third-order valence-electron chi connectivity index (χ3n) is 7.18. The smallest absolute Gasteiger partial charge is 0.220 e. The normalized spacial score (nSPS) is 45.1. The Hall–Kier alpha value is -0.580. The van der Waals surface area contributed by atoms with Gasteiger partial charge in [-0.1, -0.05) is 0 Å². The van der Waals surface area contributed by atoms with E-state index >= 15 is 0 Å². The van der Waals surface area contributed by atoms with E-state index in [0.29, 0.717) is 18.3 Å². The molecular formula is C18H29NO3S. The van der Waals surface area contributed by atoms with Gasteiger partial charge in [-0.25, -0.2) is 8.42 Å². The number of sulfone groups is 1. The lowest BCUT2D eigenvalue weighted by molar-refractivity contribution is -0.126. The molecule has 0 aromatic rings. The SMILES string of the molecule is C[C@@H](NC(=O)C[C@@H]1CCS(=O)(=O)C1)C12CC3CC(CC(C3)C1)C2. The number of carbonyl (C=O) groups is 1. The maximum Gasteiger partial charge on any atom is 0.220 e. The van der Waals surface area contributed by atoms with Crippen molar-refractivity contribution in [3.63, 3.8) is 0 Å². The summed E-state index contributed by atoms with van der Waals surface area (Å²) in [7, 11) is -2.89. The molecule has 1 amide bonds. The monoisotopic (exact) mass is 339 g/mol. The predicted molar refractivity (Wildman–Crippen MR) is 89.6 cm³/mol. The van der Waals surface area contributed by atoms with E-state index in [0.717, 1.165) is 17.8 Å². The Morgan fingerprint density at radius 1 is 1.13 bits per heavy atom. The van der Waals surface area contributed by atoms with Crippen molar-refractivity contribution in [3.8, 4) is 0 Å². The van der Waals surface area contributed by atoms with E-state index in [2.05, 4.69) is 12.2 Å². The van der Waals surface area contributed by atoms with E-state index in [4.69, 9.17) is 0 Å². The van der Waals surface area contributed by atoms with E-state index in [1.54, 1.807) is 0 Å². The van der Waals surface area contributed by atoms with Crippen LogP contribution in [0.1, 0.15) is 58.3 Å². The zero-order chi connectivity index (χ0) is 16.2. The fourth-order valence-electron chi connectivity index (χ4n) is 6.46. The van der Waals surface area contributed by atoms with Crippen LogP contribution in [0, 0.1) is 29.1 Å². The van der Waals surface area contributed by atoms with Gasteiger partial charge in [0, 0.05) is 12.5 Å². The molecule has 130 valence electrons. The maximum absolute atomic E-state index is 12.4. The lowest BCUT2D eigenvalue weighted by Gasteiger charge is -2.59. The maximum atomic E-state index is 12.4. The summed E-state index contributed by atoms with van der Waals surface area (Å²) < 4.78 is 23.1. The molecule has 5 heteroatoms. The van der Waals surface area contributed by atoms with E-state index in [1.165, 1.54) is 38.5 Å². The standard InChI is InChI=1S/C18H29NO3S/c1-12(19-17(20)7-13-2-3-23(21,22)11-13)18-8-14-4-15(9-18)6-16(5-14)10-18/h12-16H,2-11H2,1H3,(H,19,20)/t12-,13+,14?,15?,16?,18?/m1/s1. The van der Waals surface area contributed by atoms with Gasteiger partial charge in [0.05, 0.1) is 11.5 Å². The molecule has 4 saturated carbocycles. The second-order valence-electron chi connectivity index (χ2n) is 9.04. The van der Waals surface area contributed by atoms with Gasteiger partial charge in [0.15, 0.2) is 9.84 Å². The van der Waals surface area contributed by atoms with E-state index < -0.39 is 9.84 Å². The molecule has 5 fully saturated rings. The van der Waals surface area contributed by atoms with Crippen molar-refractivity contribution in [2.24, 2.45) is 29.1 Å². The Kier molecular flexibility index (Phi) is 3.78. The summed E-state index contributed by atoms with van der Waals surface area (Å²) in [5, 5.41) is 3.26. The first-order valence-corrected chi connectivity index (χ1v) is 11.2. The van der Waals surface area contributed by atoms with E-state index in [1.807, 2.05) is 0 Å². The van der Waals surface area contributed by atoms with Crippen LogP contribution < -0.4 is 5.32 Å². The van der Waals surface area contributed by atoms with Crippen LogP contribution in [0.5, 0.6) is 0 Å². The van der Waals surface area contributed by atoms with Crippen LogP contribution in [0.25, 0.3) is 0 Å². The molecule has 0 spiro atoms. The number of nitrogens with one attached hydrogen (secondary N) is 1. The summed E-state index contributed by atoms with van der Waals surface area (Å²) >= 11 is 0. The van der Waals surface area contributed by atoms with Gasteiger partial charge in [-0.2, -0.15) is 0 Å². The minimum Gasteiger partial charge on any atom is -0.353 e. The quantitative estimate of drug-likeness (QED) is 0.856. The first kappa shape index (κ1) is 15.9. The van der Waals surface area contributed by atoms with Crippen LogP contribution >= 0.6 is 0 Å². The predicted octanol–water partition coefficient (Wildman–Crippen LogP) is 2.53. The molecule has 1 heterocycles. The molecule has 2 atom stereocenters. The van der Waals surface area contributed by atoms with Crippen molar-refractivity contribution in [3.05, 3.63) is 0 Å². The fourth-order valence-corrected chi connectivity index (χ4v) is 8.32. The molecule has 1 N–H and O–H groups in total. The lowest BCUT2D eigenvalue weighted by atomic mass is 9.48. The average Bonchev–Trinajstić information content (AvgIpc) is 2.76. The zero-order valence-corrected chi connectivity index (χ0v) is 14.9. The van der Waals surface area contributed by atoms with Crippen LogP contribution in [0.15, 0.2) is 0 Å². The minimum absolute atomic E-state index is 0.0311. The summed E-state index contributed by atoms with van der Waals surface area (Å²) in [5.74, 6) is 3.22. The molecule has 1 aliphatic heterocycles. The Balaban J connectivity index is 1.36. The lowest BCUT2D eigenvalue weighted by Crippen LogP contribution is -2.55. The Morgan fingerprint density at radius 3 is 2.17 bits per heavy atom. The first-order chi connectivity index (χ1) is 10.8. The van der Waals surface area contributed by atoms with Crippen molar-refractivity contribution in [2.75, 3.05) is 11.5 Å². The van der Waals surface area contributed by atoms with Gasteiger partial charge < -0.3 is 5.32 Å². The summed E-state index contributed by atoms with van der Waals surface area (Å²) in [6.45, 7) is 2.19. The molecule has 0 aromatic carbocycles. The third kappa shape index (κ3) is 3.06. The summed E-state index contributed by atoms with van der Waals surface area (Å²) in [5.41, 5.74) is 0.326. The van der Waals surface area contributed by atoms with Crippen molar-refractivity contribution in [1.29, 1.82) is 0 Å². The molecule has 4 aliphatic carbocycles. The van der Waals surface area contributed by atoms with Gasteiger partial charge in [-0.15, -0.1) is 0 Å². The Labute approximate surface area is 139 Å². The summed E-state index contributed by atoms with van der Waals surface area (Å²) in [4.78, 5) is 12.4. The number of hydrogen-bond donors (Lipinski definition) is 1. The molecule has 5 aliphatic rings. The van der Waals surface area contributed by atoms with Crippen LogP contribution in [-0.4, -0.2) is 31.9 Å². The molecule has 0 unspecified atom stereocenters. The highest BCUT2D eigenvalue weighted by molar-refractivity contribution is 7.91. The van der Waals surface area contributed by atoms with Gasteiger partial charge >= 0.3 is 0 Å². The van der Waals surface area contributed by atoms with Crippen molar-refractivity contribution >= 4 is 15.7 Å². The number of carbonyl (C=O) groups excluding carboxylic acids is 1. The average molecular weight is 340 g/mol. The van der Waals surface area contributed by atoms with Gasteiger partial charge in [0.2, 0.25) is 5.91 Å². The van der Waals surface area contributed by atoms with Gasteiger partial charge in [-0.05, 0) is 81.0 Å². The topological polar surface area (TPSA) is 63.2 Å². The minimum atomic E-state index is -2.89. The van der Waals surface area contributed by atoms with Crippen LogP contribution in [-0.2, 0) is 14.6 Å². The van der Waals surface area contributed by atoms with Crippen LogP contribution in [0.4, 0.5) is 0 Å². The third-order valence-corrected chi connectivity index (χ3v) is 9.02. The second-order valence-corrected chi connectivity index (χ2v) is 11.3. The highest BCUT2D eigenvalue weighted by Crippen LogP contribution is 2.61. The van der Waals surface area contributed by atoms with Gasteiger partial charge in [0.25, 0.3) is 0 Å². The van der Waals surface area contributed by atoms with Crippen molar-refractivity contribution in [1.82, 2.24) is 5.32 Å². The number of rotatable bonds is 4. The van der Waals surface area contributed by atoms with Gasteiger partial charge in [-0.3, -0.25) is 4.79 Å². The molecular weight excluding hydrogens is 310 g/mol.